The van der Waals surface area contributed by atoms with Gasteiger partial charge >= 0.3 is 0 Å². The molecule has 0 fully saturated rings. The Bertz CT molecular complexity index is 854. The second-order valence-corrected chi connectivity index (χ2v) is 7.29. The largest absolute Gasteiger partial charge is 0.355 e. The monoisotopic (exact) mass is 321 g/mol. The predicted octanol–water partition coefficient (Wildman–Crippen LogP) is 2.91. The zero-order valence-electron chi connectivity index (χ0n) is 11.0. The molecule has 8 heteroatoms. The van der Waals surface area contributed by atoms with Gasteiger partial charge in [0.2, 0.25) is 0 Å². The number of anilines is 1. The van der Waals surface area contributed by atoms with E-state index in [1.54, 1.807) is 30.5 Å². The second-order valence-electron chi connectivity index (χ2n) is 4.30. The number of sulfonamides is 1. The molecular weight excluding hydrogens is 310 g/mol. The smallest absolute Gasteiger partial charge is 0.271 e. The van der Waals surface area contributed by atoms with Crippen LogP contribution in [-0.2, 0) is 10.0 Å². The lowest BCUT2D eigenvalue weighted by molar-refractivity contribution is 0.428. The molecule has 3 rings (SSSR count). The first-order valence-electron chi connectivity index (χ1n) is 6.01. The molecule has 6 nitrogen and oxygen atoms in total. The highest BCUT2D eigenvalue weighted by molar-refractivity contribution is 7.94. The van der Waals surface area contributed by atoms with Crippen LogP contribution in [0.25, 0.3) is 10.6 Å². The molecule has 108 valence electrons. The average molecular weight is 321 g/mol. The van der Waals surface area contributed by atoms with E-state index < -0.39 is 10.0 Å². The van der Waals surface area contributed by atoms with Gasteiger partial charge in [0.05, 0.1) is 22.5 Å². The second kappa shape index (κ2) is 5.30. The highest BCUT2D eigenvalue weighted by Gasteiger charge is 2.18. The third-order valence-corrected chi connectivity index (χ3v) is 5.60. The summed E-state index contributed by atoms with van der Waals surface area (Å²) in [7, 11) is -3.63. The van der Waals surface area contributed by atoms with E-state index in [1.165, 1.54) is 12.3 Å². The quantitative estimate of drug-likeness (QED) is 0.798. The molecule has 0 aliphatic carbocycles. The van der Waals surface area contributed by atoms with Gasteiger partial charge < -0.3 is 4.52 Å². The lowest BCUT2D eigenvalue weighted by Gasteiger charge is -2.04. The zero-order valence-corrected chi connectivity index (χ0v) is 12.6. The molecule has 3 aromatic rings. The molecule has 0 unspecified atom stereocenters. The van der Waals surface area contributed by atoms with Crippen molar-refractivity contribution in [2.24, 2.45) is 0 Å². The van der Waals surface area contributed by atoms with Gasteiger partial charge in [-0.3, -0.25) is 9.71 Å². The molecule has 0 spiro atoms. The molecule has 0 radical (unpaired) electrons. The van der Waals surface area contributed by atoms with Crippen LogP contribution in [0.2, 0.25) is 0 Å². The van der Waals surface area contributed by atoms with E-state index in [1.807, 2.05) is 6.92 Å². The molecule has 1 N–H and O–H groups in total. The highest BCUT2D eigenvalue weighted by Crippen LogP contribution is 2.31. The maximum atomic E-state index is 12.3. The van der Waals surface area contributed by atoms with Gasteiger partial charge in [-0.25, -0.2) is 8.42 Å². The summed E-state index contributed by atoms with van der Waals surface area (Å²) in [4.78, 5) is 4.58. The van der Waals surface area contributed by atoms with Gasteiger partial charge in [0, 0.05) is 12.3 Å². The van der Waals surface area contributed by atoms with Gasteiger partial charge in [-0.05, 0) is 31.2 Å². The molecule has 0 aliphatic rings. The van der Waals surface area contributed by atoms with E-state index in [0.29, 0.717) is 16.3 Å². The lowest BCUT2D eigenvalue weighted by Crippen LogP contribution is -2.11. The molecule has 0 amide bonds. The Labute approximate surface area is 125 Å². The van der Waals surface area contributed by atoms with Crippen molar-refractivity contribution >= 4 is 27.0 Å². The molecular formula is C13H11N3O3S2. The van der Waals surface area contributed by atoms with Crippen LogP contribution in [0.5, 0.6) is 0 Å². The van der Waals surface area contributed by atoms with E-state index >= 15 is 0 Å². The molecule has 0 bridgehead atoms. The normalized spacial score (nSPS) is 11.5. The van der Waals surface area contributed by atoms with Crippen LogP contribution < -0.4 is 4.72 Å². The number of hydrogen-bond acceptors (Lipinski definition) is 6. The number of aryl methyl sites for hydroxylation is 1. The number of nitrogens with zero attached hydrogens (tertiary/aromatic N) is 2. The van der Waals surface area contributed by atoms with E-state index in [-0.39, 0.29) is 4.21 Å². The van der Waals surface area contributed by atoms with Crippen LogP contribution in [0.15, 0.2) is 51.5 Å². The van der Waals surface area contributed by atoms with Crippen molar-refractivity contribution in [3.8, 4) is 10.6 Å². The average Bonchev–Trinajstić information content (AvgIpc) is 3.08. The van der Waals surface area contributed by atoms with Gasteiger partial charge in [-0.1, -0.05) is 5.16 Å². The standard InChI is InChI=1S/C13H11N3O3S2/c1-9-7-11(19-15-9)12-4-5-13(20-12)21(17,18)16-10-3-2-6-14-8-10/h2-8,16H,1H3. The Morgan fingerprint density at radius 2 is 2.14 bits per heavy atom. The topological polar surface area (TPSA) is 85.1 Å². The first-order valence-corrected chi connectivity index (χ1v) is 8.31. The minimum Gasteiger partial charge on any atom is -0.355 e. The minimum atomic E-state index is -3.63. The summed E-state index contributed by atoms with van der Waals surface area (Å²) in [5, 5.41) is 3.79. The van der Waals surface area contributed by atoms with Crippen LogP contribution in [0.3, 0.4) is 0 Å². The third-order valence-electron chi connectivity index (χ3n) is 2.63. The van der Waals surface area contributed by atoms with Crippen molar-refractivity contribution in [2.45, 2.75) is 11.1 Å². The van der Waals surface area contributed by atoms with Crippen LogP contribution in [0.1, 0.15) is 5.69 Å². The number of rotatable bonds is 4. The van der Waals surface area contributed by atoms with E-state index in [4.69, 9.17) is 4.52 Å². The Morgan fingerprint density at radius 1 is 1.29 bits per heavy atom. The van der Waals surface area contributed by atoms with E-state index in [2.05, 4.69) is 14.9 Å². The number of nitrogens with one attached hydrogen (secondary N) is 1. The summed E-state index contributed by atoms with van der Waals surface area (Å²) >= 11 is 1.12. The molecule has 21 heavy (non-hydrogen) atoms. The summed E-state index contributed by atoms with van der Waals surface area (Å²) in [5.74, 6) is 0.556. The first-order chi connectivity index (χ1) is 10.0. The summed E-state index contributed by atoms with van der Waals surface area (Å²) in [6.45, 7) is 1.81. The molecule has 0 aliphatic heterocycles. The Hall–Kier alpha value is -2.19. The Balaban J connectivity index is 1.88. The van der Waals surface area contributed by atoms with E-state index in [0.717, 1.165) is 17.0 Å². The molecule has 0 aromatic carbocycles. The lowest BCUT2D eigenvalue weighted by atomic mass is 10.3. The molecule has 0 saturated carbocycles. The van der Waals surface area contributed by atoms with Crippen LogP contribution in [0.4, 0.5) is 5.69 Å². The fourth-order valence-electron chi connectivity index (χ4n) is 1.71. The number of aromatic nitrogens is 2. The van der Waals surface area contributed by atoms with Crippen molar-refractivity contribution < 1.29 is 12.9 Å². The summed E-state index contributed by atoms with van der Waals surface area (Å²) in [6, 6.07) is 8.30. The number of pyridine rings is 1. The maximum Gasteiger partial charge on any atom is 0.271 e. The van der Waals surface area contributed by atoms with Gasteiger partial charge in [0.1, 0.15) is 4.21 Å². The van der Waals surface area contributed by atoms with Crippen molar-refractivity contribution in [3.05, 3.63) is 48.4 Å². The fourth-order valence-corrected chi connectivity index (χ4v) is 4.00. The van der Waals surface area contributed by atoms with Crippen molar-refractivity contribution in [1.82, 2.24) is 10.1 Å². The third kappa shape index (κ3) is 2.96. The number of hydrogen-bond donors (Lipinski definition) is 1. The summed E-state index contributed by atoms with van der Waals surface area (Å²) in [6.07, 6.45) is 3.03. The van der Waals surface area contributed by atoms with Crippen LogP contribution in [-0.4, -0.2) is 18.6 Å². The highest BCUT2D eigenvalue weighted by atomic mass is 32.2. The van der Waals surface area contributed by atoms with Crippen LogP contribution in [0, 0.1) is 6.92 Å². The van der Waals surface area contributed by atoms with Crippen molar-refractivity contribution in [1.29, 1.82) is 0 Å². The predicted molar refractivity (Wildman–Crippen MR) is 79.6 cm³/mol. The van der Waals surface area contributed by atoms with Gasteiger partial charge in [-0.2, -0.15) is 0 Å². The molecule has 0 atom stereocenters. The van der Waals surface area contributed by atoms with Crippen molar-refractivity contribution in [2.75, 3.05) is 4.72 Å². The minimum absolute atomic E-state index is 0.204. The molecule has 3 heterocycles. The zero-order chi connectivity index (χ0) is 14.9. The SMILES string of the molecule is Cc1cc(-c2ccc(S(=O)(=O)Nc3cccnc3)s2)on1. The summed E-state index contributed by atoms with van der Waals surface area (Å²) in [5.41, 5.74) is 1.17. The number of thiophene rings is 1. The molecule has 3 aromatic heterocycles. The Kier molecular flexibility index (Phi) is 3.48. The fraction of sp³-hybridized carbons (Fsp3) is 0.0769. The van der Waals surface area contributed by atoms with E-state index in [9.17, 15) is 8.42 Å². The maximum absolute atomic E-state index is 12.3. The van der Waals surface area contributed by atoms with Gasteiger partial charge in [0.25, 0.3) is 10.0 Å². The molecule has 0 saturated heterocycles. The first kappa shape index (κ1) is 13.8. The van der Waals surface area contributed by atoms with Gasteiger partial charge in [0.15, 0.2) is 5.76 Å². The van der Waals surface area contributed by atoms with Gasteiger partial charge in [-0.15, -0.1) is 11.3 Å². The van der Waals surface area contributed by atoms with Crippen LogP contribution >= 0.6 is 11.3 Å². The van der Waals surface area contributed by atoms with Crippen molar-refractivity contribution in [3.63, 3.8) is 0 Å². The Morgan fingerprint density at radius 3 is 2.81 bits per heavy atom. The summed E-state index contributed by atoms with van der Waals surface area (Å²) < 4.78 is 32.4.